The summed E-state index contributed by atoms with van der Waals surface area (Å²) in [5, 5.41) is 26.2. The first-order valence-electron chi connectivity index (χ1n) is 10.8. The van der Waals surface area contributed by atoms with Gasteiger partial charge in [0.15, 0.2) is 0 Å². The Morgan fingerprint density at radius 2 is 1.63 bits per heavy atom. The number of carbonyl (C=O) groups is 4. The lowest BCUT2D eigenvalue weighted by atomic mass is 10.0. The molecule has 2 aromatic carbocycles. The van der Waals surface area contributed by atoms with Gasteiger partial charge in [-0.05, 0) is 17.5 Å². The Morgan fingerprint density at radius 1 is 1.00 bits per heavy atom. The number of allylic oxidation sites excluding steroid dienone is 1. The van der Waals surface area contributed by atoms with E-state index in [1.165, 1.54) is 0 Å². The number of carbonyl (C=O) groups excluding carboxylic acids is 2. The maximum Gasteiger partial charge on any atom is 0.327 e. The molecule has 0 heterocycles. The monoisotopic (exact) mass is 480 g/mol. The van der Waals surface area contributed by atoms with Crippen LogP contribution in [0.15, 0.2) is 60.7 Å². The summed E-state index contributed by atoms with van der Waals surface area (Å²) in [6.07, 6.45) is 2.54. The molecule has 0 saturated heterocycles. The number of benzene rings is 2. The highest BCUT2D eigenvalue weighted by atomic mass is 16.4. The molecule has 0 aromatic heterocycles. The van der Waals surface area contributed by atoms with Crippen LogP contribution in [0, 0.1) is 5.41 Å². The normalized spacial score (nSPS) is 12.6. The predicted molar refractivity (Wildman–Crippen MR) is 129 cm³/mol. The zero-order chi connectivity index (χ0) is 26.0. The van der Waals surface area contributed by atoms with Crippen LogP contribution < -0.4 is 11.5 Å². The highest BCUT2D eigenvalue weighted by Crippen LogP contribution is 2.15. The quantitative estimate of drug-likeness (QED) is 0.224. The van der Waals surface area contributed by atoms with Crippen molar-refractivity contribution in [2.75, 3.05) is 0 Å². The van der Waals surface area contributed by atoms with Crippen LogP contribution in [0.4, 0.5) is 0 Å². The van der Waals surface area contributed by atoms with Crippen molar-refractivity contribution in [3.63, 3.8) is 0 Å². The molecule has 2 rings (SSSR count). The first-order chi connectivity index (χ1) is 16.6. The molecule has 2 amide bonds. The Balaban J connectivity index is 2.19. The van der Waals surface area contributed by atoms with Crippen LogP contribution in [-0.2, 0) is 25.6 Å². The van der Waals surface area contributed by atoms with Crippen LogP contribution in [0.25, 0.3) is 6.08 Å². The molecule has 0 fully saturated rings. The summed E-state index contributed by atoms with van der Waals surface area (Å²) in [5.41, 5.74) is 13.1. The predicted octanol–water partition coefficient (Wildman–Crippen LogP) is 1.62. The second-order valence-corrected chi connectivity index (χ2v) is 7.83. The fourth-order valence-corrected chi connectivity index (χ4v) is 3.35. The average molecular weight is 481 g/mol. The van der Waals surface area contributed by atoms with Crippen molar-refractivity contribution in [1.82, 2.24) is 4.90 Å². The van der Waals surface area contributed by atoms with Gasteiger partial charge in [0.25, 0.3) is 0 Å². The van der Waals surface area contributed by atoms with E-state index in [0.717, 1.165) is 5.56 Å². The highest BCUT2D eigenvalue weighted by Gasteiger charge is 2.37. The van der Waals surface area contributed by atoms with Crippen molar-refractivity contribution >= 4 is 35.7 Å². The fraction of sp³-hybridized carbons (Fsp3) is 0.240. The van der Waals surface area contributed by atoms with Gasteiger partial charge < -0.3 is 21.7 Å². The van der Waals surface area contributed by atoms with E-state index in [9.17, 15) is 24.3 Å². The van der Waals surface area contributed by atoms with Gasteiger partial charge >= 0.3 is 11.9 Å². The Labute approximate surface area is 202 Å². The summed E-state index contributed by atoms with van der Waals surface area (Å²) in [5.74, 6) is -4.62. The third-order valence-electron chi connectivity index (χ3n) is 5.14. The second kappa shape index (κ2) is 12.8. The maximum atomic E-state index is 13.0. The molecule has 0 saturated carbocycles. The zero-order valence-corrected chi connectivity index (χ0v) is 19.0. The zero-order valence-electron chi connectivity index (χ0n) is 19.0. The third kappa shape index (κ3) is 8.20. The SMILES string of the molecule is N=C(N)c1ccc(C=CCCC(=O)N(C(=O)[C@@H](N)CC(=O)O)[C@@H](Cc2ccccc2)C(=O)O)cc1. The van der Waals surface area contributed by atoms with E-state index in [1.807, 2.05) is 0 Å². The molecular formula is C25H28N4O6. The van der Waals surface area contributed by atoms with E-state index >= 15 is 0 Å². The van der Waals surface area contributed by atoms with Crippen LogP contribution in [-0.4, -0.2) is 56.8 Å². The van der Waals surface area contributed by atoms with Crippen LogP contribution >= 0.6 is 0 Å². The number of imide groups is 1. The minimum absolute atomic E-state index is 0.0551. The summed E-state index contributed by atoms with van der Waals surface area (Å²) in [4.78, 5) is 49.6. The van der Waals surface area contributed by atoms with Crippen molar-refractivity contribution in [3.8, 4) is 0 Å². The summed E-state index contributed by atoms with van der Waals surface area (Å²) in [6, 6.07) is 12.2. The van der Waals surface area contributed by atoms with Gasteiger partial charge in [-0.3, -0.25) is 24.7 Å². The lowest BCUT2D eigenvalue weighted by Gasteiger charge is -2.29. The van der Waals surface area contributed by atoms with Crippen molar-refractivity contribution < 1.29 is 29.4 Å². The molecule has 2 aromatic rings. The van der Waals surface area contributed by atoms with E-state index < -0.39 is 42.3 Å². The van der Waals surface area contributed by atoms with Gasteiger partial charge in [0.2, 0.25) is 11.8 Å². The summed E-state index contributed by atoms with van der Waals surface area (Å²) in [6.45, 7) is 0. The van der Waals surface area contributed by atoms with E-state index in [1.54, 1.807) is 66.7 Å². The summed E-state index contributed by atoms with van der Waals surface area (Å²) in [7, 11) is 0. The minimum Gasteiger partial charge on any atom is -0.481 e. The number of nitrogens with one attached hydrogen (secondary N) is 1. The molecule has 184 valence electrons. The van der Waals surface area contributed by atoms with Gasteiger partial charge in [-0.1, -0.05) is 66.7 Å². The molecule has 0 radical (unpaired) electrons. The number of rotatable bonds is 12. The number of nitrogens with two attached hydrogens (primary N) is 2. The molecule has 10 heteroatoms. The molecule has 0 spiro atoms. The number of hydrogen-bond acceptors (Lipinski definition) is 6. The minimum atomic E-state index is -1.57. The molecule has 0 aliphatic rings. The molecule has 35 heavy (non-hydrogen) atoms. The molecule has 0 aliphatic carbocycles. The van der Waals surface area contributed by atoms with Gasteiger partial charge in [-0.25, -0.2) is 4.79 Å². The van der Waals surface area contributed by atoms with E-state index in [2.05, 4.69) is 0 Å². The first-order valence-corrected chi connectivity index (χ1v) is 10.8. The molecule has 0 unspecified atom stereocenters. The Morgan fingerprint density at radius 3 is 2.17 bits per heavy atom. The summed E-state index contributed by atoms with van der Waals surface area (Å²) < 4.78 is 0. The van der Waals surface area contributed by atoms with Crippen molar-refractivity contribution in [3.05, 3.63) is 77.4 Å². The summed E-state index contributed by atoms with van der Waals surface area (Å²) >= 11 is 0. The lowest BCUT2D eigenvalue weighted by Crippen LogP contribution is -2.55. The Hall–Kier alpha value is -4.31. The molecule has 2 atom stereocenters. The number of amidine groups is 1. The number of carboxylic acid groups (broad SMARTS) is 2. The number of nitrogen functional groups attached to an aromatic ring is 1. The first kappa shape index (κ1) is 26.9. The van der Waals surface area contributed by atoms with Crippen LogP contribution in [0.5, 0.6) is 0 Å². The third-order valence-corrected chi connectivity index (χ3v) is 5.14. The largest absolute Gasteiger partial charge is 0.481 e. The van der Waals surface area contributed by atoms with Gasteiger partial charge in [-0.2, -0.15) is 0 Å². The molecule has 0 aliphatic heterocycles. The standard InChI is InChI=1S/C25H28N4O6/c26-19(15-22(31)32)24(33)29(20(25(34)35)14-17-7-2-1-3-8-17)21(30)9-5-4-6-16-10-12-18(13-11-16)23(27)28/h1-4,6-8,10-13,19-20H,5,9,14-15,26H2,(H3,27,28)(H,31,32)(H,34,35)/t19-,20-/m0/s1. The Kier molecular flexibility index (Phi) is 9.85. The van der Waals surface area contributed by atoms with Crippen molar-refractivity contribution in [1.29, 1.82) is 5.41 Å². The van der Waals surface area contributed by atoms with E-state index in [0.29, 0.717) is 16.0 Å². The lowest BCUT2D eigenvalue weighted by molar-refractivity contribution is -0.159. The smallest absolute Gasteiger partial charge is 0.327 e. The van der Waals surface area contributed by atoms with Crippen LogP contribution in [0.2, 0.25) is 0 Å². The van der Waals surface area contributed by atoms with E-state index in [4.69, 9.17) is 22.0 Å². The maximum absolute atomic E-state index is 13.0. The number of hydrogen-bond donors (Lipinski definition) is 5. The van der Waals surface area contributed by atoms with E-state index in [-0.39, 0.29) is 25.1 Å². The number of carboxylic acids is 2. The molecular weight excluding hydrogens is 452 g/mol. The van der Waals surface area contributed by atoms with Gasteiger partial charge in [0.1, 0.15) is 11.9 Å². The molecule has 7 N–H and O–H groups in total. The fourth-order valence-electron chi connectivity index (χ4n) is 3.35. The molecule has 0 bridgehead atoms. The van der Waals surface area contributed by atoms with Crippen LogP contribution in [0.3, 0.4) is 0 Å². The van der Waals surface area contributed by atoms with Crippen molar-refractivity contribution in [2.24, 2.45) is 11.5 Å². The van der Waals surface area contributed by atoms with Crippen molar-refractivity contribution in [2.45, 2.75) is 37.8 Å². The average Bonchev–Trinajstić information content (AvgIpc) is 2.81. The Bertz CT molecular complexity index is 1100. The topological polar surface area (TPSA) is 188 Å². The highest BCUT2D eigenvalue weighted by molar-refractivity contribution is 6.02. The second-order valence-electron chi connectivity index (χ2n) is 7.83. The van der Waals surface area contributed by atoms with Gasteiger partial charge in [-0.15, -0.1) is 0 Å². The number of aliphatic carboxylic acids is 2. The van der Waals surface area contributed by atoms with Gasteiger partial charge in [0, 0.05) is 18.4 Å². The number of nitrogens with zero attached hydrogens (tertiary/aromatic N) is 1. The number of amides is 2. The van der Waals surface area contributed by atoms with Gasteiger partial charge in [0.05, 0.1) is 12.5 Å². The van der Waals surface area contributed by atoms with Crippen LogP contribution in [0.1, 0.15) is 36.0 Å². The molecule has 10 nitrogen and oxygen atoms in total.